The van der Waals surface area contributed by atoms with E-state index in [2.05, 4.69) is 10.1 Å². The van der Waals surface area contributed by atoms with Crippen LogP contribution >= 0.6 is 23.2 Å². The molecule has 1 saturated carbocycles. The van der Waals surface area contributed by atoms with Crippen LogP contribution in [0, 0.1) is 5.92 Å². The summed E-state index contributed by atoms with van der Waals surface area (Å²) in [4.78, 5) is 4.38. The first-order chi connectivity index (χ1) is 8.96. The highest BCUT2D eigenvalue weighted by Crippen LogP contribution is 2.43. The van der Waals surface area contributed by atoms with Crippen molar-refractivity contribution >= 4 is 23.2 Å². The molecule has 1 aliphatic rings. The summed E-state index contributed by atoms with van der Waals surface area (Å²) in [5, 5.41) is 5.03. The number of aromatic nitrogens is 2. The quantitative estimate of drug-likeness (QED) is 0.939. The molecule has 1 heterocycles. The monoisotopic (exact) mass is 297 g/mol. The standard InChI is InChI=1S/C13H13Cl2N3O/c1-13(16,8-2-3-8)12-17-11(18-19-12)7-4-9(14)6-10(15)5-7/h4-6,8H,2-3,16H2,1H3. The zero-order valence-corrected chi connectivity index (χ0v) is 11.9. The number of hydrogen-bond acceptors (Lipinski definition) is 4. The Labute approximate surface area is 120 Å². The van der Waals surface area contributed by atoms with Crippen LogP contribution in [0.3, 0.4) is 0 Å². The Morgan fingerprint density at radius 1 is 1.26 bits per heavy atom. The van der Waals surface area contributed by atoms with Gasteiger partial charge in [-0.25, -0.2) is 0 Å². The van der Waals surface area contributed by atoms with Crippen LogP contribution < -0.4 is 5.73 Å². The van der Waals surface area contributed by atoms with Crippen molar-refractivity contribution in [3.05, 3.63) is 34.1 Å². The number of hydrogen-bond donors (Lipinski definition) is 1. The molecule has 0 aliphatic heterocycles. The fourth-order valence-electron chi connectivity index (χ4n) is 2.10. The van der Waals surface area contributed by atoms with Gasteiger partial charge in [-0.15, -0.1) is 0 Å². The second kappa shape index (κ2) is 4.47. The molecule has 1 aromatic carbocycles. The molecule has 0 radical (unpaired) electrons. The van der Waals surface area contributed by atoms with Crippen molar-refractivity contribution in [2.75, 3.05) is 0 Å². The van der Waals surface area contributed by atoms with E-state index >= 15 is 0 Å². The summed E-state index contributed by atoms with van der Waals surface area (Å²) < 4.78 is 5.29. The molecular formula is C13H13Cl2N3O. The van der Waals surface area contributed by atoms with Gasteiger partial charge >= 0.3 is 0 Å². The summed E-state index contributed by atoms with van der Waals surface area (Å²) in [6.45, 7) is 1.92. The highest BCUT2D eigenvalue weighted by Gasteiger charge is 2.43. The summed E-state index contributed by atoms with van der Waals surface area (Å²) in [5.41, 5.74) is 6.41. The number of rotatable bonds is 3. The lowest BCUT2D eigenvalue weighted by atomic mass is 9.97. The van der Waals surface area contributed by atoms with Crippen molar-refractivity contribution in [2.24, 2.45) is 11.7 Å². The van der Waals surface area contributed by atoms with Gasteiger partial charge in [-0.05, 0) is 43.9 Å². The molecule has 1 aromatic heterocycles. The van der Waals surface area contributed by atoms with Crippen LogP contribution in [0.1, 0.15) is 25.7 Å². The molecule has 1 atom stereocenters. The number of benzene rings is 1. The first-order valence-corrected chi connectivity index (χ1v) is 6.82. The normalized spacial score (nSPS) is 18.3. The largest absolute Gasteiger partial charge is 0.337 e. The Kier molecular flexibility index (Phi) is 3.04. The smallest absolute Gasteiger partial charge is 0.247 e. The fraction of sp³-hybridized carbons (Fsp3) is 0.385. The minimum absolute atomic E-state index is 0.420. The molecule has 2 N–H and O–H groups in total. The van der Waals surface area contributed by atoms with Gasteiger partial charge in [0.05, 0.1) is 5.54 Å². The molecular weight excluding hydrogens is 285 g/mol. The summed E-state index contributed by atoms with van der Waals surface area (Å²) >= 11 is 11.9. The van der Waals surface area contributed by atoms with Crippen LogP contribution in [0.2, 0.25) is 10.0 Å². The maximum absolute atomic E-state index is 6.25. The van der Waals surface area contributed by atoms with Crippen molar-refractivity contribution < 1.29 is 4.52 Å². The van der Waals surface area contributed by atoms with Gasteiger partial charge in [-0.3, -0.25) is 0 Å². The number of nitrogens with zero attached hydrogens (tertiary/aromatic N) is 2. The predicted molar refractivity (Wildman–Crippen MR) is 74.0 cm³/mol. The number of halogens is 2. The van der Waals surface area contributed by atoms with Crippen LogP contribution in [0.5, 0.6) is 0 Å². The van der Waals surface area contributed by atoms with Crippen LogP contribution in [0.4, 0.5) is 0 Å². The highest BCUT2D eigenvalue weighted by atomic mass is 35.5. The Balaban J connectivity index is 1.96. The highest BCUT2D eigenvalue weighted by molar-refractivity contribution is 6.35. The summed E-state index contributed by atoms with van der Waals surface area (Å²) in [6, 6.07) is 5.14. The van der Waals surface area contributed by atoms with Gasteiger partial charge in [0.15, 0.2) is 0 Å². The first kappa shape index (κ1) is 12.9. The van der Waals surface area contributed by atoms with E-state index in [0.717, 1.165) is 18.4 Å². The Morgan fingerprint density at radius 3 is 2.47 bits per heavy atom. The SMILES string of the molecule is CC(N)(c1nc(-c2cc(Cl)cc(Cl)c2)no1)C1CC1. The maximum Gasteiger partial charge on any atom is 0.247 e. The van der Waals surface area contributed by atoms with E-state index in [9.17, 15) is 0 Å². The van der Waals surface area contributed by atoms with Crippen LogP contribution in [0.15, 0.2) is 22.7 Å². The molecule has 1 fully saturated rings. The molecule has 19 heavy (non-hydrogen) atoms. The molecule has 1 aliphatic carbocycles. The molecule has 0 bridgehead atoms. The average Bonchev–Trinajstić information content (AvgIpc) is 3.06. The topological polar surface area (TPSA) is 64.9 Å². The third-order valence-corrected chi connectivity index (χ3v) is 3.87. The van der Waals surface area contributed by atoms with Crippen molar-refractivity contribution in [3.63, 3.8) is 0 Å². The van der Waals surface area contributed by atoms with Gasteiger partial charge in [-0.2, -0.15) is 4.98 Å². The second-order valence-corrected chi connectivity index (χ2v) is 6.01. The molecule has 6 heteroatoms. The Hall–Kier alpha value is -1.10. The van der Waals surface area contributed by atoms with E-state index in [0.29, 0.717) is 27.7 Å². The van der Waals surface area contributed by atoms with Gasteiger partial charge in [0, 0.05) is 15.6 Å². The second-order valence-electron chi connectivity index (χ2n) is 5.14. The van der Waals surface area contributed by atoms with Gasteiger partial charge in [0.1, 0.15) is 0 Å². The molecule has 4 nitrogen and oxygen atoms in total. The van der Waals surface area contributed by atoms with Gasteiger partial charge < -0.3 is 10.3 Å². The summed E-state index contributed by atoms with van der Waals surface area (Å²) in [7, 11) is 0. The molecule has 0 saturated heterocycles. The minimum Gasteiger partial charge on any atom is -0.337 e. The van der Waals surface area contributed by atoms with Crippen molar-refractivity contribution in [1.29, 1.82) is 0 Å². The molecule has 1 unspecified atom stereocenters. The maximum atomic E-state index is 6.25. The minimum atomic E-state index is -0.562. The van der Waals surface area contributed by atoms with E-state index in [4.69, 9.17) is 33.5 Å². The van der Waals surface area contributed by atoms with Gasteiger partial charge in [0.25, 0.3) is 0 Å². The van der Waals surface area contributed by atoms with E-state index in [1.54, 1.807) is 18.2 Å². The first-order valence-electron chi connectivity index (χ1n) is 6.06. The predicted octanol–water partition coefficient (Wildman–Crippen LogP) is 3.63. The number of nitrogens with two attached hydrogens (primary N) is 1. The zero-order valence-electron chi connectivity index (χ0n) is 10.4. The van der Waals surface area contributed by atoms with Crippen LogP contribution in [-0.2, 0) is 5.54 Å². The summed E-state index contributed by atoms with van der Waals surface area (Å²) in [5.74, 6) is 1.33. The van der Waals surface area contributed by atoms with Crippen molar-refractivity contribution in [3.8, 4) is 11.4 Å². The zero-order chi connectivity index (χ0) is 13.6. The van der Waals surface area contributed by atoms with Crippen LogP contribution in [-0.4, -0.2) is 10.1 Å². The summed E-state index contributed by atoms with van der Waals surface area (Å²) in [6.07, 6.45) is 2.21. The van der Waals surface area contributed by atoms with E-state index in [-0.39, 0.29) is 0 Å². The average molecular weight is 298 g/mol. The van der Waals surface area contributed by atoms with Gasteiger partial charge in [-0.1, -0.05) is 28.4 Å². The van der Waals surface area contributed by atoms with Crippen molar-refractivity contribution in [1.82, 2.24) is 10.1 Å². The molecule has 0 amide bonds. The van der Waals surface area contributed by atoms with Gasteiger partial charge in [0.2, 0.25) is 11.7 Å². The molecule has 100 valence electrons. The lowest BCUT2D eigenvalue weighted by Gasteiger charge is -2.18. The molecule has 0 spiro atoms. The molecule has 3 rings (SSSR count). The van der Waals surface area contributed by atoms with Crippen LogP contribution in [0.25, 0.3) is 11.4 Å². The van der Waals surface area contributed by atoms with E-state index in [1.807, 2.05) is 6.92 Å². The molecule has 2 aromatic rings. The lowest BCUT2D eigenvalue weighted by Crippen LogP contribution is -2.35. The fourth-order valence-corrected chi connectivity index (χ4v) is 2.63. The Bertz CT molecular complexity index is 600. The van der Waals surface area contributed by atoms with Crippen molar-refractivity contribution in [2.45, 2.75) is 25.3 Å². The van der Waals surface area contributed by atoms with E-state index in [1.165, 1.54) is 0 Å². The third kappa shape index (κ3) is 2.48. The Morgan fingerprint density at radius 2 is 1.89 bits per heavy atom. The lowest BCUT2D eigenvalue weighted by molar-refractivity contribution is 0.273. The van der Waals surface area contributed by atoms with E-state index < -0.39 is 5.54 Å². The third-order valence-electron chi connectivity index (χ3n) is 3.43.